The number of rotatable bonds is 3. The Morgan fingerprint density at radius 2 is 2.17 bits per heavy atom. The van der Waals surface area contributed by atoms with Crippen molar-refractivity contribution in [2.24, 2.45) is 5.73 Å². The molecule has 0 aliphatic carbocycles. The van der Waals surface area contributed by atoms with Gasteiger partial charge in [0.2, 0.25) is 5.91 Å². The number of amides is 1. The third kappa shape index (κ3) is 2.52. The largest absolute Gasteiger partial charge is 0.330 e. The number of para-hydroxylation sites is 1. The van der Waals surface area contributed by atoms with Crippen molar-refractivity contribution in [3.63, 3.8) is 0 Å². The van der Waals surface area contributed by atoms with E-state index in [1.807, 2.05) is 11.9 Å². The quantitative estimate of drug-likeness (QED) is 0.865. The molecular formula is C13H18FN3O. The number of nitrogens with two attached hydrogens (primary N) is 1. The number of nitrogens with zero attached hydrogens (tertiary/aromatic N) is 2. The van der Waals surface area contributed by atoms with Gasteiger partial charge in [0.15, 0.2) is 0 Å². The fraction of sp³-hybridized carbons (Fsp3) is 0.462. The SMILES string of the molecule is CN1CC(=O)N(c2ccccc2F)CC1CCN. The van der Waals surface area contributed by atoms with E-state index in [1.165, 1.54) is 11.0 Å². The maximum atomic E-state index is 13.7. The van der Waals surface area contributed by atoms with Crippen LogP contribution in [0.15, 0.2) is 24.3 Å². The van der Waals surface area contributed by atoms with Crippen LogP contribution in [0.2, 0.25) is 0 Å². The highest BCUT2D eigenvalue weighted by Crippen LogP contribution is 2.23. The van der Waals surface area contributed by atoms with Gasteiger partial charge in [0.25, 0.3) is 0 Å². The van der Waals surface area contributed by atoms with Gasteiger partial charge in [0.05, 0.1) is 12.2 Å². The van der Waals surface area contributed by atoms with Gasteiger partial charge in [-0.1, -0.05) is 12.1 Å². The molecule has 1 saturated heterocycles. The molecular weight excluding hydrogens is 233 g/mol. The molecule has 1 aromatic carbocycles. The molecule has 4 nitrogen and oxygen atoms in total. The zero-order valence-corrected chi connectivity index (χ0v) is 10.5. The first-order chi connectivity index (χ1) is 8.63. The Kier molecular flexibility index (Phi) is 3.93. The molecule has 98 valence electrons. The maximum Gasteiger partial charge on any atom is 0.241 e. The van der Waals surface area contributed by atoms with Crippen LogP contribution in [-0.4, -0.2) is 43.5 Å². The lowest BCUT2D eigenvalue weighted by Crippen LogP contribution is -2.55. The van der Waals surface area contributed by atoms with Crippen LogP contribution in [-0.2, 0) is 4.79 Å². The van der Waals surface area contributed by atoms with E-state index in [0.717, 1.165) is 6.42 Å². The Morgan fingerprint density at radius 3 is 2.83 bits per heavy atom. The molecule has 0 radical (unpaired) electrons. The Bertz CT molecular complexity index is 438. The second-order valence-electron chi connectivity index (χ2n) is 4.60. The fourth-order valence-electron chi connectivity index (χ4n) is 2.29. The first-order valence-corrected chi connectivity index (χ1v) is 6.08. The van der Waals surface area contributed by atoms with Gasteiger partial charge in [0, 0.05) is 12.6 Å². The lowest BCUT2D eigenvalue weighted by Gasteiger charge is -2.39. The van der Waals surface area contributed by atoms with E-state index in [-0.39, 0.29) is 17.8 Å². The summed E-state index contributed by atoms with van der Waals surface area (Å²) in [5.74, 6) is -0.433. The lowest BCUT2D eigenvalue weighted by molar-refractivity contribution is -0.122. The fourth-order valence-corrected chi connectivity index (χ4v) is 2.29. The molecule has 0 saturated carbocycles. The number of benzene rings is 1. The Hall–Kier alpha value is -1.46. The van der Waals surface area contributed by atoms with Crippen molar-refractivity contribution in [1.29, 1.82) is 0 Å². The number of carbonyl (C=O) groups is 1. The number of hydrogen-bond acceptors (Lipinski definition) is 3. The van der Waals surface area contributed by atoms with Gasteiger partial charge < -0.3 is 10.6 Å². The van der Waals surface area contributed by atoms with Crippen LogP contribution in [0, 0.1) is 5.82 Å². The molecule has 2 rings (SSSR count). The number of piperazine rings is 1. The van der Waals surface area contributed by atoms with Gasteiger partial charge in [-0.15, -0.1) is 0 Å². The molecule has 1 unspecified atom stereocenters. The van der Waals surface area contributed by atoms with Crippen LogP contribution < -0.4 is 10.6 Å². The van der Waals surface area contributed by atoms with E-state index in [9.17, 15) is 9.18 Å². The van der Waals surface area contributed by atoms with Crippen molar-refractivity contribution < 1.29 is 9.18 Å². The summed E-state index contributed by atoms with van der Waals surface area (Å²) in [6, 6.07) is 6.56. The molecule has 18 heavy (non-hydrogen) atoms. The van der Waals surface area contributed by atoms with E-state index < -0.39 is 0 Å². The van der Waals surface area contributed by atoms with Gasteiger partial charge in [-0.25, -0.2) is 4.39 Å². The molecule has 2 N–H and O–H groups in total. The van der Waals surface area contributed by atoms with Crippen LogP contribution in [0.1, 0.15) is 6.42 Å². The number of likely N-dealkylation sites (N-methyl/N-ethyl adjacent to an activating group) is 1. The monoisotopic (exact) mass is 251 g/mol. The van der Waals surface area contributed by atoms with Crippen molar-refractivity contribution >= 4 is 11.6 Å². The van der Waals surface area contributed by atoms with Crippen molar-refractivity contribution in [2.75, 3.05) is 31.6 Å². The molecule has 1 amide bonds. The highest BCUT2D eigenvalue weighted by atomic mass is 19.1. The molecule has 0 spiro atoms. The lowest BCUT2D eigenvalue weighted by atomic mass is 10.1. The van der Waals surface area contributed by atoms with Crippen LogP contribution >= 0.6 is 0 Å². The molecule has 5 heteroatoms. The van der Waals surface area contributed by atoms with Crippen LogP contribution in [0.25, 0.3) is 0 Å². The summed E-state index contributed by atoms with van der Waals surface area (Å²) < 4.78 is 13.7. The molecule has 1 heterocycles. The second-order valence-corrected chi connectivity index (χ2v) is 4.60. The third-order valence-corrected chi connectivity index (χ3v) is 3.35. The molecule has 0 aromatic heterocycles. The minimum atomic E-state index is -0.359. The highest BCUT2D eigenvalue weighted by Gasteiger charge is 2.31. The van der Waals surface area contributed by atoms with Gasteiger partial charge in [-0.05, 0) is 32.1 Å². The summed E-state index contributed by atoms with van der Waals surface area (Å²) in [5, 5.41) is 0. The molecule has 1 aliphatic rings. The normalized spacial score (nSPS) is 21.4. The van der Waals surface area contributed by atoms with E-state index in [1.54, 1.807) is 18.2 Å². The summed E-state index contributed by atoms with van der Waals surface area (Å²) in [7, 11) is 1.90. The average molecular weight is 251 g/mol. The predicted molar refractivity (Wildman–Crippen MR) is 68.8 cm³/mol. The minimum Gasteiger partial charge on any atom is -0.330 e. The number of anilines is 1. The maximum absolute atomic E-state index is 13.7. The summed E-state index contributed by atoms with van der Waals surface area (Å²) in [6.45, 7) is 1.36. The van der Waals surface area contributed by atoms with Gasteiger partial charge in [-0.2, -0.15) is 0 Å². The molecule has 1 atom stereocenters. The van der Waals surface area contributed by atoms with Crippen LogP contribution in [0.5, 0.6) is 0 Å². The Labute approximate surface area is 106 Å². The van der Waals surface area contributed by atoms with E-state index >= 15 is 0 Å². The van der Waals surface area contributed by atoms with Gasteiger partial charge in [0.1, 0.15) is 5.82 Å². The first-order valence-electron chi connectivity index (χ1n) is 6.08. The van der Waals surface area contributed by atoms with Crippen molar-refractivity contribution in [2.45, 2.75) is 12.5 Å². The summed E-state index contributed by atoms with van der Waals surface area (Å²) in [5.41, 5.74) is 5.92. The molecule has 1 fully saturated rings. The summed E-state index contributed by atoms with van der Waals surface area (Å²) in [6.07, 6.45) is 0.800. The number of carbonyl (C=O) groups excluding carboxylic acids is 1. The zero-order chi connectivity index (χ0) is 13.1. The van der Waals surface area contributed by atoms with Crippen LogP contribution in [0.4, 0.5) is 10.1 Å². The van der Waals surface area contributed by atoms with Crippen LogP contribution in [0.3, 0.4) is 0 Å². The molecule has 1 aromatic rings. The van der Waals surface area contributed by atoms with Crippen molar-refractivity contribution in [3.8, 4) is 0 Å². The molecule has 0 bridgehead atoms. The predicted octanol–water partition coefficient (Wildman–Crippen LogP) is 0.821. The Morgan fingerprint density at radius 1 is 1.44 bits per heavy atom. The van der Waals surface area contributed by atoms with E-state index in [0.29, 0.717) is 25.3 Å². The minimum absolute atomic E-state index is 0.0733. The van der Waals surface area contributed by atoms with E-state index in [4.69, 9.17) is 5.73 Å². The van der Waals surface area contributed by atoms with Gasteiger partial charge in [-0.3, -0.25) is 9.69 Å². The van der Waals surface area contributed by atoms with Gasteiger partial charge >= 0.3 is 0 Å². The van der Waals surface area contributed by atoms with Crippen molar-refractivity contribution in [1.82, 2.24) is 4.90 Å². The number of halogens is 1. The van der Waals surface area contributed by atoms with Crippen molar-refractivity contribution in [3.05, 3.63) is 30.1 Å². The third-order valence-electron chi connectivity index (χ3n) is 3.35. The summed E-state index contributed by atoms with van der Waals surface area (Å²) >= 11 is 0. The standard InChI is InChI=1S/C13H18FN3O/c1-16-9-13(18)17(8-10(16)6-7-15)12-5-3-2-4-11(12)14/h2-5,10H,6-9,15H2,1H3. The highest BCUT2D eigenvalue weighted by molar-refractivity contribution is 5.95. The number of hydrogen-bond donors (Lipinski definition) is 1. The topological polar surface area (TPSA) is 49.6 Å². The Balaban J connectivity index is 2.22. The smallest absolute Gasteiger partial charge is 0.241 e. The average Bonchev–Trinajstić information content (AvgIpc) is 2.34. The summed E-state index contributed by atoms with van der Waals surface area (Å²) in [4.78, 5) is 15.5. The second kappa shape index (κ2) is 5.46. The molecule has 1 aliphatic heterocycles. The zero-order valence-electron chi connectivity index (χ0n) is 10.5. The van der Waals surface area contributed by atoms with E-state index in [2.05, 4.69) is 0 Å². The first kappa shape index (κ1) is 13.0.